The van der Waals surface area contributed by atoms with E-state index in [0.29, 0.717) is 12.8 Å². The van der Waals surface area contributed by atoms with Gasteiger partial charge in [-0.1, -0.05) is 27.7 Å². The Morgan fingerprint density at radius 1 is 1.33 bits per heavy atom. The third-order valence-electron chi connectivity index (χ3n) is 2.62. The molecule has 0 aliphatic heterocycles. The van der Waals surface area contributed by atoms with Gasteiger partial charge in [-0.25, -0.2) is 0 Å². The number of hydrogen-bond acceptors (Lipinski definition) is 3. The van der Waals surface area contributed by atoms with Crippen LogP contribution in [0.1, 0.15) is 40.5 Å². The molecule has 1 rings (SSSR count). The molecule has 1 aliphatic carbocycles. The van der Waals surface area contributed by atoms with Gasteiger partial charge >= 0.3 is 0 Å². The zero-order chi connectivity index (χ0) is 11.8. The van der Waals surface area contributed by atoms with Crippen LogP contribution in [0.3, 0.4) is 0 Å². The van der Waals surface area contributed by atoms with Gasteiger partial charge < -0.3 is 5.11 Å². The van der Waals surface area contributed by atoms with Crippen molar-refractivity contribution in [3.8, 4) is 0 Å². The van der Waals surface area contributed by atoms with Crippen molar-refractivity contribution >= 4 is 11.6 Å². The highest BCUT2D eigenvalue weighted by molar-refractivity contribution is 6.21. The van der Waals surface area contributed by atoms with E-state index in [2.05, 4.69) is 0 Å². The van der Waals surface area contributed by atoms with Crippen molar-refractivity contribution in [3.63, 3.8) is 0 Å². The monoisotopic (exact) mass is 210 g/mol. The first-order valence-corrected chi connectivity index (χ1v) is 5.24. The first kappa shape index (κ1) is 12.0. The number of aliphatic hydroxyl groups is 1. The van der Waals surface area contributed by atoms with Gasteiger partial charge in [0.25, 0.3) is 0 Å². The molecule has 3 heteroatoms. The normalized spacial score (nSPS) is 21.0. The third-order valence-corrected chi connectivity index (χ3v) is 2.62. The summed E-state index contributed by atoms with van der Waals surface area (Å²) in [6.07, 6.45) is 0.747. The Bertz CT molecular complexity index is 335. The van der Waals surface area contributed by atoms with E-state index in [4.69, 9.17) is 0 Å². The summed E-state index contributed by atoms with van der Waals surface area (Å²) in [4.78, 5) is 23.4. The van der Waals surface area contributed by atoms with Gasteiger partial charge in [-0.15, -0.1) is 0 Å². The highest BCUT2D eigenvalue weighted by Gasteiger charge is 2.36. The van der Waals surface area contributed by atoms with Crippen LogP contribution in [-0.4, -0.2) is 16.7 Å². The summed E-state index contributed by atoms with van der Waals surface area (Å²) >= 11 is 0. The van der Waals surface area contributed by atoms with E-state index in [1.807, 2.05) is 13.8 Å². The maximum absolute atomic E-state index is 11.7. The van der Waals surface area contributed by atoms with Crippen LogP contribution in [0.5, 0.6) is 0 Å². The average molecular weight is 210 g/mol. The SMILES string of the molecule is CC(C)C(=O)C1=C(O)CC(C)(C)CC1=O. The molecule has 0 aromatic carbocycles. The second kappa shape index (κ2) is 3.80. The minimum absolute atomic E-state index is 0.0318. The van der Waals surface area contributed by atoms with Crippen molar-refractivity contribution in [1.29, 1.82) is 0 Å². The van der Waals surface area contributed by atoms with E-state index in [-0.39, 0.29) is 34.2 Å². The fourth-order valence-electron chi connectivity index (χ4n) is 1.86. The number of allylic oxidation sites excluding steroid dienone is 2. The second-order valence-electron chi connectivity index (χ2n) is 5.28. The van der Waals surface area contributed by atoms with Crippen molar-refractivity contribution in [3.05, 3.63) is 11.3 Å². The van der Waals surface area contributed by atoms with Crippen molar-refractivity contribution in [2.45, 2.75) is 40.5 Å². The molecule has 0 unspecified atom stereocenters. The smallest absolute Gasteiger partial charge is 0.172 e. The summed E-state index contributed by atoms with van der Waals surface area (Å²) < 4.78 is 0. The summed E-state index contributed by atoms with van der Waals surface area (Å²) in [5, 5.41) is 9.73. The molecule has 0 bridgehead atoms. The molecule has 0 radical (unpaired) electrons. The average Bonchev–Trinajstić information content (AvgIpc) is 1.99. The minimum Gasteiger partial charge on any atom is -0.511 e. The summed E-state index contributed by atoms with van der Waals surface area (Å²) in [6.45, 7) is 7.29. The Labute approximate surface area is 90.2 Å². The van der Waals surface area contributed by atoms with Crippen LogP contribution in [0, 0.1) is 11.3 Å². The van der Waals surface area contributed by atoms with E-state index >= 15 is 0 Å². The lowest BCUT2D eigenvalue weighted by molar-refractivity contribution is -0.125. The van der Waals surface area contributed by atoms with Gasteiger partial charge in [0.15, 0.2) is 11.6 Å². The lowest BCUT2D eigenvalue weighted by Gasteiger charge is -2.29. The summed E-state index contributed by atoms with van der Waals surface area (Å²) in [6, 6.07) is 0. The quantitative estimate of drug-likeness (QED) is 0.712. The molecule has 15 heavy (non-hydrogen) atoms. The van der Waals surface area contributed by atoms with Gasteiger partial charge in [-0.3, -0.25) is 9.59 Å². The number of rotatable bonds is 2. The molecule has 3 nitrogen and oxygen atoms in total. The molecule has 0 aromatic heterocycles. The minimum atomic E-state index is -0.243. The molecular weight excluding hydrogens is 192 g/mol. The Kier molecular flexibility index (Phi) is 3.03. The van der Waals surface area contributed by atoms with E-state index in [9.17, 15) is 14.7 Å². The van der Waals surface area contributed by atoms with Crippen molar-refractivity contribution in [2.75, 3.05) is 0 Å². The molecule has 0 atom stereocenters. The topological polar surface area (TPSA) is 54.4 Å². The molecule has 0 heterocycles. The van der Waals surface area contributed by atoms with E-state index < -0.39 is 0 Å². The molecule has 0 amide bonds. The van der Waals surface area contributed by atoms with Crippen LogP contribution in [-0.2, 0) is 9.59 Å². The predicted octanol–water partition coefficient (Wildman–Crippen LogP) is 2.41. The molecule has 0 aromatic rings. The maximum atomic E-state index is 11.7. The number of aliphatic hydroxyl groups excluding tert-OH is 1. The van der Waals surface area contributed by atoms with Gasteiger partial charge in [0.1, 0.15) is 5.76 Å². The first-order valence-electron chi connectivity index (χ1n) is 5.24. The van der Waals surface area contributed by atoms with Gasteiger partial charge in [0.05, 0.1) is 5.57 Å². The Hall–Kier alpha value is -1.12. The second-order valence-corrected chi connectivity index (χ2v) is 5.28. The van der Waals surface area contributed by atoms with Gasteiger partial charge in [0, 0.05) is 18.8 Å². The van der Waals surface area contributed by atoms with Crippen LogP contribution < -0.4 is 0 Å². The highest BCUT2D eigenvalue weighted by Crippen LogP contribution is 2.36. The van der Waals surface area contributed by atoms with Crippen molar-refractivity contribution in [1.82, 2.24) is 0 Å². The lowest BCUT2D eigenvalue weighted by Crippen LogP contribution is -2.30. The van der Waals surface area contributed by atoms with Gasteiger partial charge in [0.2, 0.25) is 0 Å². The molecule has 0 saturated heterocycles. The molecule has 0 saturated carbocycles. The van der Waals surface area contributed by atoms with Crippen molar-refractivity contribution in [2.24, 2.45) is 11.3 Å². The Morgan fingerprint density at radius 2 is 1.87 bits per heavy atom. The molecule has 0 fully saturated rings. The summed E-state index contributed by atoms with van der Waals surface area (Å²) in [5.41, 5.74) is -0.202. The van der Waals surface area contributed by atoms with E-state index in [1.54, 1.807) is 13.8 Å². The number of Topliss-reactive ketones (excluding diaryl/α,β-unsaturated/α-hetero) is 2. The van der Waals surface area contributed by atoms with E-state index in [0.717, 1.165) is 0 Å². The Balaban J connectivity index is 3.08. The molecule has 84 valence electrons. The summed E-state index contributed by atoms with van der Waals surface area (Å²) in [7, 11) is 0. The van der Waals surface area contributed by atoms with Crippen molar-refractivity contribution < 1.29 is 14.7 Å². The van der Waals surface area contributed by atoms with E-state index in [1.165, 1.54) is 0 Å². The lowest BCUT2D eigenvalue weighted by atomic mass is 9.75. The third kappa shape index (κ3) is 2.46. The van der Waals surface area contributed by atoms with Crippen LogP contribution in [0.2, 0.25) is 0 Å². The zero-order valence-electron chi connectivity index (χ0n) is 9.76. The highest BCUT2D eigenvalue weighted by atomic mass is 16.3. The van der Waals surface area contributed by atoms with Crippen LogP contribution in [0.4, 0.5) is 0 Å². The molecule has 1 N–H and O–H groups in total. The molecule has 1 aliphatic rings. The van der Waals surface area contributed by atoms with Gasteiger partial charge in [-0.2, -0.15) is 0 Å². The molecular formula is C12H18O3. The zero-order valence-corrected chi connectivity index (χ0v) is 9.76. The van der Waals surface area contributed by atoms with Crippen LogP contribution in [0.15, 0.2) is 11.3 Å². The first-order chi connectivity index (χ1) is 6.74. The fourth-order valence-corrected chi connectivity index (χ4v) is 1.86. The molecule has 0 spiro atoms. The largest absolute Gasteiger partial charge is 0.511 e. The number of carbonyl (C=O) groups excluding carboxylic acids is 2. The van der Waals surface area contributed by atoms with Gasteiger partial charge in [-0.05, 0) is 5.41 Å². The summed E-state index contributed by atoms with van der Waals surface area (Å²) in [5.74, 6) is -0.738. The van der Waals surface area contributed by atoms with Crippen LogP contribution in [0.25, 0.3) is 0 Å². The number of ketones is 2. The van der Waals surface area contributed by atoms with Crippen LogP contribution >= 0.6 is 0 Å². The number of carbonyl (C=O) groups is 2. The predicted molar refractivity (Wildman–Crippen MR) is 57.5 cm³/mol. The fraction of sp³-hybridized carbons (Fsp3) is 0.667. The maximum Gasteiger partial charge on any atom is 0.172 e. The number of hydrogen-bond donors (Lipinski definition) is 1. The standard InChI is InChI=1S/C12H18O3/c1-7(2)11(15)10-8(13)5-12(3,4)6-9(10)14/h7,13H,5-6H2,1-4H3. The Morgan fingerprint density at radius 3 is 2.27 bits per heavy atom.